The molecule has 1 aliphatic heterocycles. The van der Waals surface area contributed by atoms with Crippen molar-refractivity contribution in [2.24, 2.45) is 0 Å². The van der Waals surface area contributed by atoms with Gasteiger partial charge in [0.1, 0.15) is 11.5 Å². The third-order valence-corrected chi connectivity index (χ3v) is 5.13. The monoisotopic (exact) mass is 411 g/mol. The van der Waals surface area contributed by atoms with Crippen LogP contribution in [0, 0.1) is 0 Å². The molecule has 2 aromatic carbocycles. The number of amides is 2. The van der Waals surface area contributed by atoms with E-state index in [1.807, 2.05) is 12.1 Å². The topological polar surface area (TPSA) is 55.8 Å². The Hall–Kier alpha value is -2.68. The highest BCUT2D eigenvalue weighted by atomic mass is 32.2. The standard InChI is InChI=1S/C19H16F3NO4S/c1-26-14-7-5-12(6-8-14)10-16-17(24)23(18(25)28-16)11-13-3-2-4-15(9-13)27-19(20,21)22/h2-9,16H,10-11H2,1H3. The van der Waals surface area contributed by atoms with Gasteiger partial charge in [0.2, 0.25) is 5.91 Å². The van der Waals surface area contributed by atoms with E-state index in [4.69, 9.17) is 4.74 Å². The summed E-state index contributed by atoms with van der Waals surface area (Å²) in [6.07, 6.45) is -4.44. The first kappa shape index (κ1) is 20.1. The molecule has 3 rings (SSSR count). The fourth-order valence-corrected chi connectivity index (χ4v) is 3.80. The number of hydrogen-bond acceptors (Lipinski definition) is 5. The quantitative estimate of drug-likeness (QED) is 0.705. The molecule has 1 heterocycles. The van der Waals surface area contributed by atoms with Crippen LogP contribution in [0.4, 0.5) is 18.0 Å². The second-order valence-corrected chi connectivity index (χ2v) is 7.20. The minimum absolute atomic E-state index is 0.112. The van der Waals surface area contributed by atoms with E-state index in [2.05, 4.69) is 4.74 Å². The summed E-state index contributed by atoms with van der Waals surface area (Å²) in [5.74, 6) is -0.0766. The summed E-state index contributed by atoms with van der Waals surface area (Å²) in [5.41, 5.74) is 1.25. The number of halogens is 3. The maximum absolute atomic E-state index is 12.6. The van der Waals surface area contributed by atoms with Crippen molar-refractivity contribution in [1.29, 1.82) is 0 Å². The normalized spacial score (nSPS) is 17.1. The summed E-state index contributed by atoms with van der Waals surface area (Å²) in [6, 6.07) is 12.4. The summed E-state index contributed by atoms with van der Waals surface area (Å²) >= 11 is 0.915. The summed E-state index contributed by atoms with van der Waals surface area (Å²) in [7, 11) is 1.55. The minimum atomic E-state index is -4.81. The predicted molar refractivity (Wildman–Crippen MR) is 97.1 cm³/mol. The van der Waals surface area contributed by atoms with Gasteiger partial charge in [-0.05, 0) is 41.8 Å². The molecule has 0 aliphatic carbocycles. The number of carbonyl (C=O) groups excluding carboxylic acids is 2. The first-order valence-corrected chi connectivity index (χ1v) is 9.13. The van der Waals surface area contributed by atoms with Gasteiger partial charge in [0.05, 0.1) is 18.9 Å². The fourth-order valence-electron chi connectivity index (χ4n) is 2.77. The number of nitrogens with zero attached hydrogens (tertiary/aromatic N) is 1. The SMILES string of the molecule is COc1ccc(CC2SC(=O)N(Cc3cccc(OC(F)(F)F)c3)C2=O)cc1. The maximum Gasteiger partial charge on any atom is 0.573 e. The van der Waals surface area contributed by atoms with Crippen LogP contribution in [0.5, 0.6) is 11.5 Å². The van der Waals surface area contributed by atoms with Crippen LogP contribution in [0.15, 0.2) is 48.5 Å². The Morgan fingerprint density at radius 1 is 1.04 bits per heavy atom. The number of ether oxygens (including phenoxy) is 2. The smallest absolute Gasteiger partial charge is 0.497 e. The minimum Gasteiger partial charge on any atom is -0.497 e. The summed E-state index contributed by atoms with van der Waals surface area (Å²) in [4.78, 5) is 25.9. The molecule has 1 saturated heterocycles. The Labute approximate surface area is 163 Å². The van der Waals surface area contributed by atoms with Crippen molar-refractivity contribution in [2.45, 2.75) is 24.6 Å². The van der Waals surface area contributed by atoms with Crippen molar-refractivity contribution in [2.75, 3.05) is 7.11 Å². The average Bonchev–Trinajstić information content (AvgIpc) is 2.89. The molecule has 0 aromatic heterocycles. The Morgan fingerprint density at radius 2 is 1.75 bits per heavy atom. The second-order valence-electron chi connectivity index (χ2n) is 6.04. The zero-order chi connectivity index (χ0) is 20.3. The van der Waals surface area contributed by atoms with E-state index in [1.54, 1.807) is 19.2 Å². The Bertz CT molecular complexity index is 870. The number of thioether (sulfide) groups is 1. The van der Waals surface area contributed by atoms with Crippen LogP contribution in [0.2, 0.25) is 0 Å². The van der Waals surface area contributed by atoms with Gasteiger partial charge in [-0.1, -0.05) is 36.0 Å². The molecule has 28 heavy (non-hydrogen) atoms. The van der Waals surface area contributed by atoms with Crippen molar-refractivity contribution < 1.29 is 32.2 Å². The van der Waals surface area contributed by atoms with E-state index >= 15 is 0 Å². The predicted octanol–water partition coefficient (Wildman–Crippen LogP) is 4.40. The highest BCUT2D eigenvalue weighted by molar-refractivity contribution is 8.15. The van der Waals surface area contributed by atoms with Gasteiger partial charge in [-0.2, -0.15) is 0 Å². The highest BCUT2D eigenvalue weighted by Gasteiger charge is 2.39. The Kier molecular flexibility index (Phi) is 5.83. The summed E-state index contributed by atoms with van der Waals surface area (Å²) in [5, 5.41) is -0.999. The number of carbonyl (C=O) groups is 2. The van der Waals surface area contributed by atoms with Crippen LogP contribution in [0.1, 0.15) is 11.1 Å². The first-order valence-electron chi connectivity index (χ1n) is 8.25. The Morgan fingerprint density at radius 3 is 2.39 bits per heavy atom. The molecule has 1 unspecified atom stereocenters. The third kappa shape index (κ3) is 4.98. The van der Waals surface area contributed by atoms with Gasteiger partial charge < -0.3 is 9.47 Å². The summed E-state index contributed by atoms with van der Waals surface area (Å²) in [6.45, 7) is -0.112. The van der Waals surface area contributed by atoms with Crippen LogP contribution in [0.3, 0.4) is 0 Å². The molecule has 0 radical (unpaired) electrons. The lowest BCUT2D eigenvalue weighted by molar-refractivity contribution is -0.274. The van der Waals surface area contributed by atoms with E-state index in [1.165, 1.54) is 12.1 Å². The molecule has 0 bridgehead atoms. The van der Waals surface area contributed by atoms with Gasteiger partial charge in [-0.25, -0.2) is 0 Å². The maximum atomic E-state index is 12.6. The summed E-state index contributed by atoms with van der Waals surface area (Å²) < 4.78 is 46.0. The molecule has 9 heteroatoms. The lowest BCUT2D eigenvalue weighted by Gasteiger charge is -2.15. The molecule has 1 aliphatic rings. The zero-order valence-corrected chi connectivity index (χ0v) is 15.5. The number of alkyl halides is 3. The molecule has 5 nitrogen and oxygen atoms in total. The molecule has 1 atom stereocenters. The number of benzene rings is 2. The molecule has 1 fully saturated rings. The molecule has 2 aromatic rings. The average molecular weight is 411 g/mol. The number of methoxy groups -OCH3 is 1. The van der Waals surface area contributed by atoms with E-state index in [0.717, 1.165) is 34.4 Å². The molecule has 0 N–H and O–H groups in total. The molecular formula is C19H16F3NO4S. The largest absolute Gasteiger partial charge is 0.573 e. The van der Waals surface area contributed by atoms with Gasteiger partial charge >= 0.3 is 6.36 Å². The zero-order valence-electron chi connectivity index (χ0n) is 14.7. The van der Waals surface area contributed by atoms with Crippen molar-refractivity contribution in [1.82, 2.24) is 4.90 Å². The van der Waals surface area contributed by atoms with Crippen LogP contribution < -0.4 is 9.47 Å². The molecular weight excluding hydrogens is 395 g/mol. The molecule has 2 amide bonds. The van der Waals surface area contributed by atoms with Crippen molar-refractivity contribution in [3.05, 3.63) is 59.7 Å². The number of rotatable bonds is 6. The van der Waals surface area contributed by atoms with Gasteiger partial charge in [0, 0.05) is 0 Å². The van der Waals surface area contributed by atoms with Gasteiger partial charge in [-0.3, -0.25) is 14.5 Å². The molecule has 148 valence electrons. The van der Waals surface area contributed by atoms with Crippen LogP contribution in [0.25, 0.3) is 0 Å². The van der Waals surface area contributed by atoms with Gasteiger partial charge in [-0.15, -0.1) is 13.2 Å². The fraction of sp³-hybridized carbons (Fsp3) is 0.263. The van der Waals surface area contributed by atoms with Crippen LogP contribution >= 0.6 is 11.8 Å². The van der Waals surface area contributed by atoms with Crippen molar-refractivity contribution >= 4 is 22.9 Å². The highest BCUT2D eigenvalue weighted by Crippen LogP contribution is 2.32. The second kappa shape index (κ2) is 8.14. The van der Waals surface area contributed by atoms with E-state index in [9.17, 15) is 22.8 Å². The molecule has 0 saturated carbocycles. The van der Waals surface area contributed by atoms with E-state index in [0.29, 0.717) is 17.7 Å². The van der Waals surface area contributed by atoms with Crippen molar-refractivity contribution in [3.8, 4) is 11.5 Å². The molecule has 0 spiro atoms. The first-order chi connectivity index (χ1) is 13.2. The Balaban J connectivity index is 1.67. The van der Waals surface area contributed by atoms with E-state index in [-0.39, 0.29) is 12.5 Å². The third-order valence-electron chi connectivity index (χ3n) is 4.06. The number of hydrogen-bond donors (Lipinski definition) is 0. The van der Waals surface area contributed by atoms with Crippen molar-refractivity contribution in [3.63, 3.8) is 0 Å². The lowest BCUT2D eigenvalue weighted by atomic mass is 10.1. The lowest BCUT2D eigenvalue weighted by Crippen LogP contribution is -2.31. The van der Waals surface area contributed by atoms with Crippen LogP contribution in [-0.2, 0) is 17.8 Å². The van der Waals surface area contributed by atoms with Gasteiger partial charge in [0.15, 0.2) is 0 Å². The van der Waals surface area contributed by atoms with E-state index < -0.39 is 22.6 Å². The van der Waals surface area contributed by atoms with Crippen LogP contribution in [-0.4, -0.2) is 34.8 Å². The van der Waals surface area contributed by atoms with Gasteiger partial charge in [0.25, 0.3) is 5.24 Å². The number of imide groups is 1.